The number of aliphatic carboxylic acids is 1. The topological polar surface area (TPSA) is 76.1 Å². The van der Waals surface area contributed by atoms with Crippen molar-refractivity contribution in [2.24, 2.45) is 11.8 Å². The average Bonchev–Trinajstić information content (AvgIpc) is 3.05. The lowest BCUT2D eigenvalue weighted by molar-refractivity contribution is -0.142. The highest BCUT2D eigenvalue weighted by Gasteiger charge is 2.48. The van der Waals surface area contributed by atoms with E-state index in [-0.39, 0.29) is 25.2 Å². The van der Waals surface area contributed by atoms with E-state index in [0.717, 1.165) is 5.56 Å². The summed E-state index contributed by atoms with van der Waals surface area (Å²) in [6, 6.07) is 9.44. The van der Waals surface area contributed by atoms with Gasteiger partial charge in [0.15, 0.2) is 0 Å². The Labute approximate surface area is 122 Å². The molecule has 3 atom stereocenters. The molecule has 0 aliphatic carbocycles. The van der Waals surface area contributed by atoms with Crippen LogP contribution in [0.15, 0.2) is 30.3 Å². The fraction of sp³-hybridized carbons (Fsp3) is 0.467. The lowest BCUT2D eigenvalue weighted by atomic mass is 9.93. The molecule has 6 nitrogen and oxygen atoms in total. The summed E-state index contributed by atoms with van der Waals surface area (Å²) in [5.41, 5.74) is 0.921. The molecule has 2 aliphatic rings. The highest BCUT2D eigenvalue weighted by Crippen LogP contribution is 2.34. The van der Waals surface area contributed by atoms with Crippen LogP contribution in [-0.2, 0) is 20.9 Å². The monoisotopic (exact) mass is 291 g/mol. The molecule has 3 rings (SSSR count). The Hall–Kier alpha value is -2.08. The molecule has 1 amide bonds. The smallest absolute Gasteiger partial charge is 0.410 e. The van der Waals surface area contributed by atoms with Crippen molar-refractivity contribution in [1.29, 1.82) is 0 Å². The molecule has 1 N–H and O–H groups in total. The van der Waals surface area contributed by atoms with E-state index >= 15 is 0 Å². The Morgan fingerprint density at radius 1 is 1.29 bits per heavy atom. The molecule has 2 fully saturated rings. The Morgan fingerprint density at radius 3 is 2.76 bits per heavy atom. The van der Waals surface area contributed by atoms with Crippen molar-refractivity contribution >= 4 is 12.1 Å². The van der Waals surface area contributed by atoms with Crippen LogP contribution in [0.2, 0.25) is 0 Å². The first-order valence-electron chi connectivity index (χ1n) is 6.95. The van der Waals surface area contributed by atoms with Gasteiger partial charge in [-0.3, -0.25) is 4.79 Å². The number of likely N-dealkylation sites (tertiary alicyclic amines) is 1. The quantitative estimate of drug-likeness (QED) is 0.910. The number of amides is 1. The highest BCUT2D eigenvalue weighted by molar-refractivity contribution is 5.72. The largest absolute Gasteiger partial charge is 0.481 e. The minimum absolute atomic E-state index is 0.133. The molecule has 1 aromatic carbocycles. The predicted molar refractivity (Wildman–Crippen MR) is 72.6 cm³/mol. The number of ether oxygens (including phenoxy) is 2. The van der Waals surface area contributed by atoms with Crippen molar-refractivity contribution in [1.82, 2.24) is 4.90 Å². The minimum atomic E-state index is -0.859. The number of carboxylic acid groups (broad SMARTS) is 1. The summed E-state index contributed by atoms with van der Waals surface area (Å²) in [6.45, 7) is 1.24. The van der Waals surface area contributed by atoms with Crippen molar-refractivity contribution in [2.45, 2.75) is 12.7 Å². The van der Waals surface area contributed by atoms with Crippen LogP contribution in [0.5, 0.6) is 0 Å². The van der Waals surface area contributed by atoms with Gasteiger partial charge >= 0.3 is 12.1 Å². The summed E-state index contributed by atoms with van der Waals surface area (Å²) < 4.78 is 10.7. The van der Waals surface area contributed by atoms with Crippen molar-refractivity contribution in [3.05, 3.63) is 35.9 Å². The summed E-state index contributed by atoms with van der Waals surface area (Å²) in [7, 11) is 0. The highest BCUT2D eigenvalue weighted by atomic mass is 16.6. The molecule has 112 valence electrons. The van der Waals surface area contributed by atoms with Crippen molar-refractivity contribution in [2.75, 3.05) is 19.7 Å². The SMILES string of the molecule is O=C(O)[C@H]1CO[C@H]2CN(C(=O)OCc3ccccc3)C[C@H]21. The summed E-state index contributed by atoms with van der Waals surface area (Å²) in [5, 5.41) is 9.12. The van der Waals surface area contributed by atoms with Crippen LogP contribution in [0.3, 0.4) is 0 Å². The van der Waals surface area contributed by atoms with Gasteiger partial charge in [0.05, 0.1) is 25.2 Å². The number of nitrogens with zero attached hydrogens (tertiary/aromatic N) is 1. The maximum atomic E-state index is 12.0. The number of carbonyl (C=O) groups is 2. The molecular formula is C15H17NO5. The lowest BCUT2D eigenvalue weighted by Crippen LogP contribution is -2.32. The van der Waals surface area contributed by atoms with E-state index in [9.17, 15) is 9.59 Å². The Bertz CT molecular complexity index is 532. The van der Waals surface area contributed by atoms with E-state index in [1.165, 1.54) is 4.90 Å². The van der Waals surface area contributed by atoms with Crippen LogP contribution in [-0.4, -0.2) is 47.9 Å². The third-order valence-electron chi connectivity index (χ3n) is 4.10. The van der Waals surface area contributed by atoms with Crippen LogP contribution in [0.1, 0.15) is 5.56 Å². The average molecular weight is 291 g/mol. The van der Waals surface area contributed by atoms with Gasteiger partial charge in [-0.25, -0.2) is 4.79 Å². The lowest BCUT2D eigenvalue weighted by Gasteiger charge is -2.18. The fourth-order valence-electron chi connectivity index (χ4n) is 2.93. The molecule has 0 spiro atoms. The van der Waals surface area contributed by atoms with E-state index in [4.69, 9.17) is 14.6 Å². The van der Waals surface area contributed by atoms with Crippen LogP contribution in [0, 0.1) is 11.8 Å². The molecule has 2 heterocycles. The molecule has 0 saturated carbocycles. The van der Waals surface area contributed by atoms with Gasteiger partial charge < -0.3 is 19.5 Å². The predicted octanol–water partition coefficient (Wildman–Crippen LogP) is 1.35. The number of hydrogen-bond donors (Lipinski definition) is 1. The first kappa shape index (κ1) is 13.9. The van der Waals surface area contributed by atoms with Crippen LogP contribution >= 0.6 is 0 Å². The number of fused-ring (bicyclic) bond motifs is 1. The zero-order valence-corrected chi connectivity index (χ0v) is 11.5. The molecule has 2 aliphatic heterocycles. The first-order valence-corrected chi connectivity index (χ1v) is 6.95. The standard InChI is InChI=1S/C15H17NO5/c17-14(18)12-9-20-13-7-16(6-11(12)13)15(19)21-8-10-4-2-1-3-5-10/h1-5,11-13H,6-9H2,(H,17,18)/t11-,12-,13-/m0/s1. The molecule has 0 bridgehead atoms. The zero-order chi connectivity index (χ0) is 14.8. The molecule has 2 saturated heterocycles. The molecular weight excluding hydrogens is 274 g/mol. The summed E-state index contributed by atoms with van der Waals surface area (Å²) in [4.78, 5) is 24.7. The van der Waals surface area contributed by atoms with Gasteiger partial charge in [-0.05, 0) is 5.56 Å². The second-order valence-electron chi connectivity index (χ2n) is 5.43. The van der Waals surface area contributed by atoms with E-state index in [1.807, 2.05) is 30.3 Å². The molecule has 6 heteroatoms. The third-order valence-corrected chi connectivity index (χ3v) is 4.10. The fourth-order valence-corrected chi connectivity index (χ4v) is 2.93. The molecule has 1 aromatic rings. The first-order chi connectivity index (χ1) is 10.1. The Morgan fingerprint density at radius 2 is 2.05 bits per heavy atom. The van der Waals surface area contributed by atoms with Crippen LogP contribution in [0.4, 0.5) is 4.79 Å². The van der Waals surface area contributed by atoms with Gasteiger partial charge in [0, 0.05) is 12.5 Å². The van der Waals surface area contributed by atoms with Gasteiger partial charge in [-0.1, -0.05) is 30.3 Å². The molecule has 0 unspecified atom stereocenters. The van der Waals surface area contributed by atoms with E-state index < -0.39 is 18.0 Å². The number of benzene rings is 1. The van der Waals surface area contributed by atoms with Gasteiger partial charge in [0.2, 0.25) is 0 Å². The van der Waals surface area contributed by atoms with E-state index in [2.05, 4.69) is 0 Å². The van der Waals surface area contributed by atoms with Gasteiger partial charge in [-0.2, -0.15) is 0 Å². The number of hydrogen-bond acceptors (Lipinski definition) is 4. The minimum Gasteiger partial charge on any atom is -0.481 e. The molecule has 21 heavy (non-hydrogen) atoms. The number of carbonyl (C=O) groups excluding carboxylic acids is 1. The second kappa shape index (κ2) is 5.73. The second-order valence-corrected chi connectivity index (χ2v) is 5.43. The van der Waals surface area contributed by atoms with Gasteiger partial charge in [-0.15, -0.1) is 0 Å². The molecule has 0 aromatic heterocycles. The van der Waals surface area contributed by atoms with E-state index in [1.54, 1.807) is 0 Å². The van der Waals surface area contributed by atoms with Crippen molar-refractivity contribution in [3.8, 4) is 0 Å². The Kier molecular flexibility index (Phi) is 3.79. The van der Waals surface area contributed by atoms with E-state index in [0.29, 0.717) is 13.1 Å². The molecule has 0 radical (unpaired) electrons. The van der Waals surface area contributed by atoms with Crippen LogP contribution in [0.25, 0.3) is 0 Å². The Balaban J connectivity index is 1.54. The van der Waals surface area contributed by atoms with Crippen molar-refractivity contribution in [3.63, 3.8) is 0 Å². The van der Waals surface area contributed by atoms with Gasteiger partial charge in [0.25, 0.3) is 0 Å². The van der Waals surface area contributed by atoms with Gasteiger partial charge in [0.1, 0.15) is 6.61 Å². The third kappa shape index (κ3) is 2.85. The summed E-state index contributed by atoms with van der Waals surface area (Å²) in [5.74, 6) is -1.52. The number of rotatable bonds is 3. The summed E-state index contributed by atoms with van der Waals surface area (Å²) in [6.07, 6.45) is -0.601. The maximum absolute atomic E-state index is 12.0. The number of carboxylic acids is 1. The maximum Gasteiger partial charge on any atom is 0.410 e. The zero-order valence-electron chi connectivity index (χ0n) is 11.5. The van der Waals surface area contributed by atoms with Crippen LogP contribution < -0.4 is 0 Å². The summed E-state index contributed by atoms with van der Waals surface area (Å²) >= 11 is 0. The normalized spacial score (nSPS) is 27.4. The van der Waals surface area contributed by atoms with Crippen molar-refractivity contribution < 1.29 is 24.2 Å².